The van der Waals surface area contributed by atoms with Gasteiger partial charge in [0, 0.05) is 68.9 Å². The fourth-order valence-electron chi connectivity index (χ4n) is 5.85. The van der Waals surface area contributed by atoms with Gasteiger partial charge in [0.1, 0.15) is 12.2 Å². The number of nitrogens with zero attached hydrogens (tertiary/aromatic N) is 4. The van der Waals surface area contributed by atoms with Gasteiger partial charge in [-0.25, -0.2) is 0 Å². The van der Waals surface area contributed by atoms with Crippen LogP contribution < -0.4 is 16.0 Å². The maximum absolute atomic E-state index is 13.0. The minimum atomic E-state index is -1.03. The van der Waals surface area contributed by atoms with Crippen molar-refractivity contribution in [2.75, 3.05) is 85.1 Å². The summed E-state index contributed by atoms with van der Waals surface area (Å²) in [5.41, 5.74) is 1.14. The molecule has 2 rings (SSSR count). The van der Waals surface area contributed by atoms with E-state index < -0.39 is 30.1 Å². The molecular weight excluding hydrogens is 789 g/mol. The van der Waals surface area contributed by atoms with Gasteiger partial charge in [0.05, 0.1) is 19.6 Å². The molecule has 17 heteroatoms. The summed E-state index contributed by atoms with van der Waals surface area (Å²) >= 11 is 2.25. The van der Waals surface area contributed by atoms with Gasteiger partial charge in [0.25, 0.3) is 0 Å². The van der Waals surface area contributed by atoms with Crippen molar-refractivity contribution in [3.63, 3.8) is 0 Å². The Hall–Kier alpha value is -3.23. The summed E-state index contributed by atoms with van der Waals surface area (Å²) in [6, 6.07) is 7.39. The highest BCUT2D eigenvalue weighted by Gasteiger charge is 2.24. The topological polar surface area (TPSA) is 212 Å². The highest BCUT2D eigenvalue weighted by atomic mass is 127. The number of unbranched alkanes of at least 4 members (excludes halogenated alkanes) is 1. The predicted octanol–water partition coefficient (Wildman–Crippen LogP) is 0.385. The van der Waals surface area contributed by atoms with E-state index in [0.29, 0.717) is 32.4 Å². The Kier molecular flexibility index (Phi) is 22.2. The van der Waals surface area contributed by atoms with Crippen LogP contribution in [0, 0.1) is 3.57 Å². The normalized spacial score (nSPS) is 16.9. The summed E-state index contributed by atoms with van der Waals surface area (Å²) in [7, 11) is 0. The van der Waals surface area contributed by atoms with Crippen molar-refractivity contribution in [2.24, 2.45) is 0 Å². The average molecular weight is 846 g/mol. The number of halogens is 1. The summed E-state index contributed by atoms with van der Waals surface area (Å²) in [5, 5.41) is 37.4. The standard InChI is InChI=1S/C35H56IN7O9/c1-2-3-13-38-35(52)29(39-31(45)8-4-6-27-9-11-28(36)12-10-27)7-5-14-37-30(26-44)43-21-19-41(24-33(48)49)17-15-40(23-32(46)47)16-18-42(20-22-43)25-34(50)51/h9-12,26,29-30,37H,2-8,13-25H2,1H3,(H,38,52)(H,39,45)(H,46,47)(H,48,49)(H,50,51)/t29-,30?/m1/s1. The summed E-state index contributed by atoms with van der Waals surface area (Å²) in [5.74, 6) is -3.57. The van der Waals surface area contributed by atoms with Crippen LogP contribution in [0.4, 0.5) is 0 Å². The Morgan fingerprint density at radius 2 is 1.29 bits per heavy atom. The van der Waals surface area contributed by atoms with E-state index in [-0.39, 0.29) is 90.2 Å². The molecule has 52 heavy (non-hydrogen) atoms. The van der Waals surface area contributed by atoms with Crippen LogP contribution in [-0.2, 0) is 35.2 Å². The number of carbonyl (C=O) groups is 6. The number of amides is 2. The number of aldehydes is 1. The van der Waals surface area contributed by atoms with Crippen molar-refractivity contribution in [3.8, 4) is 0 Å². The molecule has 1 aromatic rings. The molecule has 2 amide bonds. The monoisotopic (exact) mass is 845 g/mol. The first kappa shape index (κ1) is 44.9. The second-order valence-corrected chi connectivity index (χ2v) is 14.2. The van der Waals surface area contributed by atoms with Gasteiger partial charge >= 0.3 is 17.9 Å². The second-order valence-electron chi connectivity index (χ2n) is 13.0. The fraction of sp³-hybridized carbons (Fsp3) is 0.657. The minimum absolute atomic E-state index is 0.206. The van der Waals surface area contributed by atoms with E-state index in [1.54, 1.807) is 14.7 Å². The van der Waals surface area contributed by atoms with Gasteiger partial charge in [-0.1, -0.05) is 25.5 Å². The summed E-state index contributed by atoms with van der Waals surface area (Å²) < 4.78 is 1.14. The highest BCUT2D eigenvalue weighted by Crippen LogP contribution is 2.10. The minimum Gasteiger partial charge on any atom is -0.480 e. The van der Waals surface area contributed by atoms with Crippen molar-refractivity contribution >= 4 is 58.6 Å². The van der Waals surface area contributed by atoms with Gasteiger partial charge in [-0.2, -0.15) is 0 Å². The van der Waals surface area contributed by atoms with Crippen LogP contribution in [0.25, 0.3) is 0 Å². The van der Waals surface area contributed by atoms with Crippen molar-refractivity contribution < 1.29 is 44.1 Å². The Morgan fingerprint density at radius 1 is 0.769 bits per heavy atom. The van der Waals surface area contributed by atoms with Crippen LogP contribution in [-0.4, -0.2) is 168 Å². The van der Waals surface area contributed by atoms with Crippen molar-refractivity contribution in [1.29, 1.82) is 0 Å². The molecule has 1 fully saturated rings. The molecule has 0 aromatic heterocycles. The summed E-state index contributed by atoms with van der Waals surface area (Å²) in [6.07, 6.45) is 4.16. The molecular formula is C35H56IN7O9. The lowest BCUT2D eigenvalue weighted by atomic mass is 10.1. The number of aliphatic carboxylic acids is 3. The molecule has 292 valence electrons. The van der Waals surface area contributed by atoms with Crippen LogP contribution in [0.15, 0.2) is 24.3 Å². The lowest BCUT2D eigenvalue weighted by Gasteiger charge is -2.35. The molecule has 0 spiro atoms. The van der Waals surface area contributed by atoms with Crippen molar-refractivity contribution in [3.05, 3.63) is 33.4 Å². The molecule has 0 aliphatic carbocycles. The number of nitrogens with one attached hydrogen (secondary N) is 3. The van der Waals surface area contributed by atoms with Gasteiger partial charge in [-0.05, 0) is 78.9 Å². The average Bonchev–Trinajstić information content (AvgIpc) is 3.08. The second kappa shape index (κ2) is 25.7. The Morgan fingerprint density at radius 3 is 1.77 bits per heavy atom. The quantitative estimate of drug-likeness (QED) is 0.0530. The zero-order chi connectivity index (χ0) is 38.3. The number of carbonyl (C=O) groups excluding carboxylic acids is 3. The lowest BCUT2D eigenvalue weighted by molar-refractivity contribution is -0.140. The highest BCUT2D eigenvalue weighted by molar-refractivity contribution is 14.1. The van der Waals surface area contributed by atoms with Crippen LogP contribution in [0.1, 0.15) is 51.0 Å². The third-order valence-electron chi connectivity index (χ3n) is 8.76. The third-order valence-corrected chi connectivity index (χ3v) is 9.48. The van der Waals surface area contributed by atoms with Gasteiger partial charge in [0.15, 0.2) is 6.29 Å². The molecule has 1 heterocycles. The predicted molar refractivity (Wildman–Crippen MR) is 203 cm³/mol. The first-order valence-corrected chi connectivity index (χ1v) is 19.0. The largest absolute Gasteiger partial charge is 0.480 e. The van der Waals surface area contributed by atoms with Gasteiger partial charge in [-0.15, -0.1) is 0 Å². The first-order valence-electron chi connectivity index (χ1n) is 18.0. The van der Waals surface area contributed by atoms with Gasteiger partial charge in [0.2, 0.25) is 11.8 Å². The smallest absolute Gasteiger partial charge is 0.317 e. The molecule has 1 aliphatic rings. The third kappa shape index (κ3) is 19.6. The number of hydrogen-bond acceptors (Lipinski definition) is 11. The van der Waals surface area contributed by atoms with E-state index in [1.807, 2.05) is 36.1 Å². The first-order chi connectivity index (χ1) is 24.9. The number of benzene rings is 1. The molecule has 1 saturated heterocycles. The van der Waals surface area contributed by atoms with E-state index in [2.05, 4.69) is 38.5 Å². The molecule has 2 atom stereocenters. The molecule has 1 aliphatic heterocycles. The van der Waals surface area contributed by atoms with E-state index in [9.17, 15) is 44.1 Å². The Labute approximate surface area is 319 Å². The van der Waals surface area contributed by atoms with Crippen molar-refractivity contribution in [1.82, 2.24) is 35.6 Å². The zero-order valence-electron chi connectivity index (χ0n) is 30.1. The van der Waals surface area contributed by atoms with Crippen LogP contribution >= 0.6 is 22.6 Å². The summed E-state index contributed by atoms with van der Waals surface area (Å²) in [4.78, 5) is 79.8. The number of hydrogen-bond donors (Lipinski definition) is 6. The molecule has 1 unspecified atom stereocenters. The number of rotatable bonds is 22. The number of aryl methyl sites for hydroxylation is 1. The zero-order valence-corrected chi connectivity index (χ0v) is 32.3. The lowest BCUT2D eigenvalue weighted by Crippen LogP contribution is -2.54. The van der Waals surface area contributed by atoms with E-state index in [4.69, 9.17) is 0 Å². The van der Waals surface area contributed by atoms with Crippen LogP contribution in [0.2, 0.25) is 0 Å². The molecule has 16 nitrogen and oxygen atoms in total. The summed E-state index contributed by atoms with van der Waals surface area (Å²) in [6.45, 7) is 4.26. The number of carboxylic acids is 3. The van der Waals surface area contributed by atoms with E-state index in [1.165, 1.54) is 0 Å². The van der Waals surface area contributed by atoms with Crippen molar-refractivity contribution in [2.45, 2.75) is 64.1 Å². The molecule has 6 N–H and O–H groups in total. The van der Waals surface area contributed by atoms with Crippen LogP contribution in [0.5, 0.6) is 0 Å². The maximum atomic E-state index is 13.0. The molecule has 0 saturated carbocycles. The Balaban J connectivity index is 2.05. The van der Waals surface area contributed by atoms with E-state index >= 15 is 0 Å². The molecule has 0 bridgehead atoms. The fourth-order valence-corrected chi connectivity index (χ4v) is 6.21. The van der Waals surface area contributed by atoms with Gasteiger partial charge in [-0.3, -0.25) is 48.9 Å². The van der Waals surface area contributed by atoms with E-state index in [0.717, 1.165) is 34.7 Å². The molecule has 1 aromatic carbocycles. The van der Waals surface area contributed by atoms with Gasteiger partial charge < -0.3 is 30.7 Å². The maximum Gasteiger partial charge on any atom is 0.317 e. The Bertz CT molecular complexity index is 1240. The molecule has 0 radical (unpaired) electrons. The number of carboxylic acid groups (broad SMARTS) is 3. The SMILES string of the molecule is CCCCNC(=O)[C@@H](CCCNC(C=O)N1CCN(CC(=O)O)CCN(CC(=O)O)CCN(CC(=O)O)CC1)NC(=O)CCCc1ccc(I)cc1. The van der Waals surface area contributed by atoms with Crippen LogP contribution in [0.3, 0.4) is 0 Å².